The third-order valence-electron chi connectivity index (χ3n) is 4.63. The molecule has 138 valence electrons. The van der Waals surface area contributed by atoms with E-state index in [0.29, 0.717) is 5.92 Å². The fourth-order valence-electron chi connectivity index (χ4n) is 3.04. The zero-order valence-electron chi connectivity index (χ0n) is 15.7. The lowest BCUT2D eigenvalue weighted by atomic mass is 9.99. The molecule has 0 aromatic carbocycles. The number of pyridine rings is 1. The maximum absolute atomic E-state index is 12.4. The highest BCUT2D eigenvalue weighted by Crippen LogP contribution is 2.18. The number of rotatable bonds is 10. The van der Waals surface area contributed by atoms with E-state index in [1.807, 2.05) is 28.8 Å². The van der Waals surface area contributed by atoms with Gasteiger partial charge in [-0.25, -0.2) is 4.79 Å². The molecule has 0 spiro atoms. The summed E-state index contributed by atoms with van der Waals surface area (Å²) in [5.74, 6) is 1.33. The zero-order chi connectivity index (χ0) is 18.1. The SMILES string of the molecule is CCCCC(CC)CNC(=O)NC(CCC)c1nnc2ccccn12. The molecule has 6 nitrogen and oxygen atoms in total. The molecule has 0 aliphatic rings. The van der Waals surface area contributed by atoms with E-state index in [-0.39, 0.29) is 12.1 Å². The lowest BCUT2D eigenvalue weighted by Crippen LogP contribution is -2.40. The van der Waals surface area contributed by atoms with E-state index in [0.717, 1.165) is 37.3 Å². The summed E-state index contributed by atoms with van der Waals surface area (Å²) in [5, 5.41) is 14.6. The summed E-state index contributed by atoms with van der Waals surface area (Å²) in [6.07, 6.45) is 8.39. The van der Waals surface area contributed by atoms with Crippen LogP contribution in [0.1, 0.15) is 71.2 Å². The van der Waals surface area contributed by atoms with Gasteiger partial charge in [0.25, 0.3) is 0 Å². The third-order valence-corrected chi connectivity index (χ3v) is 4.63. The first-order valence-electron chi connectivity index (χ1n) is 9.53. The lowest BCUT2D eigenvalue weighted by molar-refractivity contribution is 0.232. The number of urea groups is 1. The zero-order valence-corrected chi connectivity index (χ0v) is 15.7. The van der Waals surface area contributed by atoms with Crippen LogP contribution >= 0.6 is 0 Å². The molecule has 2 aromatic rings. The molecule has 2 aromatic heterocycles. The molecule has 0 saturated heterocycles. The summed E-state index contributed by atoms with van der Waals surface area (Å²) in [4.78, 5) is 12.4. The molecule has 0 fully saturated rings. The van der Waals surface area contributed by atoms with Crippen molar-refractivity contribution < 1.29 is 4.79 Å². The minimum atomic E-state index is -0.141. The van der Waals surface area contributed by atoms with Gasteiger partial charge in [-0.05, 0) is 30.9 Å². The van der Waals surface area contributed by atoms with E-state index >= 15 is 0 Å². The molecule has 2 unspecified atom stereocenters. The minimum Gasteiger partial charge on any atom is -0.338 e. The highest BCUT2D eigenvalue weighted by atomic mass is 16.2. The van der Waals surface area contributed by atoms with Crippen molar-refractivity contribution in [3.8, 4) is 0 Å². The van der Waals surface area contributed by atoms with Gasteiger partial charge in [-0.1, -0.05) is 52.5 Å². The summed E-state index contributed by atoms with van der Waals surface area (Å²) in [7, 11) is 0. The van der Waals surface area contributed by atoms with Crippen LogP contribution in [0.4, 0.5) is 4.79 Å². The summed E-state index contributed by atoms with van der Waals surface area (Å²) in [5.41, 5.74) is 0.798. The summed E-state index contributed by atoms with van der Waals surface area (Å²) in [6.45, 7) is 7.21. The number of aromatic nitrogens is 3. The number of hydrogen-bond acceptors (Lipinski definition) is 3. The quantitative estimate of drug-likeness (QED) is 0.681. The van der Waals surface area contributed by atoms with Crippen LogP contribution in [0, 0.1) is 5.92 Å². The second-order valence-corrected chi connectivity index (χ2v) is 6.60. The van der Waals surface area contributed by atoms with Gasteiger partial charge in [0.1, 0.15) is 0 Å². The topological polar surface area (TPSA) is 71.3 Å². The smallest absolute Gasteiger partial charge is 0.315 e. The number of carbonyl (C=O) groups excluding carboxylic acids is 1. The van der Waals surface area contributed by atoms with Crippen LogP contribution < -0.4 is 10.6 Å². The van der Waals surface area contributed by atoms with Crippen molar-refractivity contribution >= 4 is 11.7 Å². The Labute approximate surface area is 150 Å². The summed E-state index contributed by atoms with van der Waals surface area (Å²) >= 11 is 0. The maximum Gasteiger partial charge on any atom is 0.315 e. The van der Waals surface area contributed by atoms with E-state index < -0.39 is 0 Å². The van der Waals surface area contributed by atoms with Crippen LogP contribution in [0.2, 0.25) is 0 Å². The molecule has 0 aliphatic heterocycles. The first kappa shape index (κ1) is 19.2. The number of hydrogen-bond donors (Lipinski definition) is 2. The Morgan fingerprint density at radius 3 is 2.72 bits per heavy atom. The standard InChI is InChI=1S/C19H31N5O/c1-4-7-11-15(6-3)14-20-19(25)21-16(10-5-2)18-23-22-17-12-8-9-13-24(17)18/h8-9,12-13,15-16H,4-7,10-11,14H2,1-3H3,(H2,20,21,25). The molecule has 2 amide bonds. The molecule has 25 heavy (non-hydrogen) atoms. The van der Waals surface area contributed by atoms with Crippen molar-refractivity contribution in [2.75, 3.05) is 6.54 Å². The van der Waals surface area contributed by atoms with Gasteiger partial charge in [0.05, 0.1) is 6.04 Å². The Morgan fingerprint density at radius 2 is 2.00 bits per heavy atom. The average molecular weight is 345 g/mol. The molecular weight excluding hydrogens is 314 g/mol. The van der Waals surface area contributed by atoms with Crippen LogP contribution in [-0.2, 0) is 0 Å². The van der Waals surface area contributed by atoms with E-state index in [9.17, 15) is 4.79 Å². The Bertz CT molecular complexity index is 654. The lowest BCUT2D eigenvalue weighted by Gasteiger charge is -2.19. The predicted molar refractivity (Wildman–Crippen MR) is 100 cm³/mol. The maximum atomic E-state index is 12.4. The average Bonchev–Trinajstić information content (AvgIpc) is 3.05. The summed E-state index contributed by atoms with van der Waals surface area (Å²) in [6, 6.07) is 5.53. The van der Waals surface area contributed by atoms with Gasteiger partial charge in [0.2, 0.25) is 0 Å². The third kappa shape index (κ3) is 5.44. The second-order valence-electron chi connectivity index (χ2n) is 6.60. The van der Waals surface area contributed by atoms with Crippen molar-refractivity contribution in [2.45, 2.75) is 65.3 Å². The van der Waals surface area contributed by atoms with Crippen molar-refractivity contribution in [3.63, 3.8) is 0 Å². The molecular formula is C19H31N5O. The molecule has 2 atom stereocenters. The van der Waals surface area contributed by atoms with Gasteiger partial charge in [0, 0.05) is 12.7 Å². The number of fused-ring (bicyclic) bond motifs is 1. The van der Waals surface area contributed by atoms with Crippen molar-refractivity contribution in [1.82, 2.24) is 25.2 Å². The van der Waals surface area contributed by atoms with E-state index in [4.69, 9.17) is 0 Å². The molecule has 0 bridgehead atoms. The van der Waals surface area contributed by atoms with Crippen molar-refractivity contribution in [3.05, 3.63) is 30.2 Å². The first-order valence-corrected chi connectivity index (χ1v) is 9.53. The number of unbranched alkanes of at least 4 members (excludes halogenated alkanes) is 1. The first-order chi connectivity index (χ1) is 12.2. The fraction of sp³-hybridized carbons (Fsp3) is 0.632. The van der Waals surface area contributed by atoms with E-state index in [1.54, 1.807) is 0 Å². The van der Waals surface area contributed by atoms with Gasteiger partial charge >= 0.3 is 6.03 Å². The molecule has 2 N–H and O–H groups in total. The normalized spacial score (nSPS) is 13.6. The van der Waals surface area contributed by atoms with Gasteiger partial charge in [-0.2, -0.15) is 0 Å². The number of carbonyl (C=O) groups is 1. The van der Waals surface area contributed by atoms with Crippen LogP contribution in [-0.4, -0.2) is 27.2 Å². The van der Waals surface area contributed by atoms with Crippen LogP contribution in [0.15, 0.2) is 24.4 Å². The molecule has 6 heteroatoms. The van der Waals surface area contributed by atoms with Crippen molar-refractivity contribution in [2.24, 2.45) is 5.92 Å². The number of amides is 2. The number of nitrogens with one attached hydrogen (secondary N) is 2. The molecule has 2 heterocycles. The highest BCUT2D eigenvalue weighted by molar-refractivity contribution is 5.74. The Kier molecular flexibility index (Phi) is 7.70. The van der Waals surface area contributed by atoms with Gasteiger partial charge < -0.3 is 10.6 Å². The van der Waals surface area contributed by atoms with Gasteiger partial charge in [-0.15, -0.1) is 10.2 Å². The number of nitrogens with zero attached hydrogens (tertiary/aromatic N) is 3. The van der Waals surface area contributed by atoms with Crippen LogP contribution in [0.5, 0.6) is 0 Å². The fourth-order valence-corrected chi connectivity index (χ4v) is 3.04. The van der Waals surface area contributed by atoms with Crippen molar-refractivity contribution in [1.29, 1.82) is 0 Å². The largest absolute Gasteiger partial charge is 0.338 e. The minimum absolute atomic E-state index is 0.124. The molecule has 0 radical (unpaired) electrons. The Morgan fingerprint density at radius 1 is 1.16 bits per heavy atom. The predicted octanol–water partition coefficient (Wildman–Crippen LogP) is 4.09. The van der Waals surface area contributed by atoms with Gasteiger partial charge in [-0.3, -0.25) is 4.40 Å². The molecule has 2 rings (SSSR count). The van der Waals surface area contributed by atoms with Crippen LogP contribution in [0.3, 0.4) is 0 Å². The Balaban J connectivity index is 1.97. The summed E-state index contributed by atoms with van der Waals surface area (Å²) < 4.78 is 1.94. The molecule has 0 saturated carbocycles. The highest BCUT2D eigenvalue weighted by Gasteiger charge is 2.19. The monoisotopic (exact) mass is 345 g/mol. The van der Waals surface area contributed by atoms with E-state index in [1.165, 1.54) is 19.3 Å². The van der Waals surface area contributed by atoms with Crippen LogP contribution in [0.25, 0.3) is 5.65 Å². The van der Waals surface area contributed by atoms with Gasteiger partial charge in [0.15, 0.2) is 11.5 Å². The van der Waals surface area contributed by atoms with E-state index in [2.05, 4.69) is 41.6 Å². The molecule has 0 aliphatic carbocycles. The Hall–Kier alpha value is -2.11. The second kappa shape index (κ2) is 10.0.